The Hall–Kier alpha value is -2.10. The van der Waals surface area contributed by atoms with E-state index in [0.29, 0.717) is 25.1 Å². The van der Waals surface area contributed by atoms with E-state index in [0.717, 1.165) is 11.1 Å². The Balaban J connectivity index is 1.95. The van der Waals surface area contributed by atoms with Crippen LogP contribution in [0.25, 0.3) is 0 Å². The topological polar surface area (TPSA) is 49.4 Å². The summed E-state index contributed by atoms with van der Waals surface area (Å²) in [7, 11) is 0. The van der Waals surface area contributed by atoms with Gasteiger partial charge >= 0.3 is 0 Å². The first kappa shape index (κ1) is 12.0. The fourth-order valence-electron chi connectivity index (χ4n) is 2.82. The third kappa shape index (κ3) is 1.67. The van der Waals surface area contributed by atoms with E-state index in [1.807, 2.05) is 36.1 Å². The molecule has 19 heavy (non-hydrogen) atoms. The lowest BCUT2D eigenvalue weighted by atomic mass is 9.87. The minimum atomic E-state index is -0.496. The summed E-state index contributed by atoms with van der Waals surface area (Å²) in [6.07, 6.45) is 1.05. The van der Waals surface area contributed by atoms with Gasteiger partial charge in [0.2, 0.25) is 5.91 Å². The first-order chi connectivity index (χ1) is 9.02. The lowest BCUT2D eigenvalue weighted by Gasteiger charge is -2.43. The molecular weight excluding hydrogens is 240 g/mol. The molecule has 1 fully saturated rings. The van der Waals surface area contributed by atoms with Gasteiger partial charge in [0.25, 0.3) is 5.91 Å². The number of fused-ring (bicyclic) bond motifs is 1. The Bertz CT molecular complexity index is 594. The molecule has 1 atom stereocenters. The molecule has 1 aromatic rings. The predicted octanol–water partition coefficient (Wildman–Crippen LogP) is 1.82. The van der Waals surface area contributed by atoms with E-state index >= 15 is 0 Å². The van der Waals surface area contributed by atoms with Crippen molar-refractivity contribution in [3.05, 3.63) is 47.7 Å². The molecule has 2 heterocycles. The fraction of sp³-hybridized carbons (Fsp3) is 0.333. The Morgan fingerprint density at radius 2 is 2.05 bits per heavy atom. The Kier molecular flexibility index (Phi) is 2.49. The Morgan fingerprint density at radius 3 is 2.74 bits per heavy atom. The van der Waals surface area contributed by atoms with Crippen molar-refractivity contribution in [2.75, 3.05) is 0 Å². The number of hydrogen-bond donors (Lipinski definition) is 1. The van der Waals surface area contributed by atoms with Crippen LogP contribution in [0.5, 0.6) is 0 Å². The molecule has 1 N–H and O–H groups in total. The minimum Gasteiger partial charge on any atom is -0.328 e. The molecule has 2 amide bonds. The van der Waals surface area contributed by atoms with Crippen molar-refractivity contribution < 1.29 is 9.59 Å². The van der Waals surface area contributed by atoms with Crippen LogP contribution in [0.2, 0.25) is 0 Å². The highest BCUT2D eigenvalue weighted by atomic mass is 16.2. The number of hydrogen-bond acceptors (Lipinski definition) is 2. The van der Waals surface area contributed by atoms with Gasteiger partial charge in [0, 0.05) is 24.2 Å². The van der Waals surface area contributed by atoms with Crippen molar-refractivity contribution in [3.8, 4) is 0 Å². The highest BCUT2D eigenvalue weighted by Crippen LogP contribution is 2.37. The number of benzene rings is 1. The maximum Gasteiger partial charge on any atom is 0.255 e. The van der Waals surface area contributed by atoms with Gasteiger partial charge in [-0.15, -0.1) is 0 Å². The van der Waals surface area contributed by atoms with Gasteiger partial charge < -0.3 is 10.2 Å². The molecule has 1 aromatic carbocycles. The van der Waals surface area contributed by atoms with Gasteiger partial charge in [-0.3, -0.25) is 9.59 Å². The number of carbonyl (C=O) groups is 2. The summed E-state index contributed by atoms with van der Waals surface area (Å²) in [6, 6.07) is 7.64. The van der Waals surface area contributed by atoms with Crippen LogP contribution in [-0.4, -0.2) is 22.3 Å². The van der Waals surface area contributed by atoms with Gasteiger partial charge in [0.05, 0.1) is 5.54 Å². The molecule has 0 radical (unpaired) electrons. The summed E-state index contributed by atoms with van der Waals surface area (Å²) in [5.74, 6) is 0.00188. The van der Waals surface area contributed by atoms with Gasteiger partial charge in [-0.05, 0) is 25.0 Å². The van der Waals surface area contributed by atoms with Crippen molar-refractivity contribution in [2.24, 2.45) is 0 Å². The van der Waals surface area contributed by atoms with Gasteiger partial charge in [0.15, 0.2) is 0 Å². The molecule has 98 valence electrons. The smallest absolute Gasteiger partial charge is 0.255 e. The number of amides is 2. The van der Waals surface area contributed by atoms with Crippen LogP contribution in [0.3, 0.4) is 0 Å². The first-order valence-electron chi connectivity index (χ1n) is 6.41. The van der Waals surface area contributed by atoms with E-state index in [-0.39, 0.29) is 11.8 Å². The quantitative estimate of drug-likeness (QED) is 0.833. The zero-order valence-corrected chi connectivity index (χ0v) is 10.9. The highest BCUT2D eigenvalue weighted by molar-refractivity contribution is 5.99. The molecule has 4 heteroatoms. The summed E-state index contributed by atoms with van der Waals surface area (Å²) in [4.78, 5) is 25.7. The number of piperidine rings is 1. The van der Waals surface area contributed by atoms with E-state index < -0.39 is 5.54 Å². The number of nitrogens with zero attached hydrogens (tertiary/aromatic N) is 1. The normalized spacial score (nSPS) is 26.4. The molecule has 0 aromatic heterocycles. The second-order valence-corrected chi connectivity index (χ2v) is 5.35. The molecule has 2 aliphatic rings. The summed E-state index contributed by atoms with van der Waals surface area (Å²) in [5.41, 5.74) is 1.92. The average Bonchev–Trinajstić information content (AvgIpc) is 2.73. The first-order valence-corrected chi connectivity index (χ1v) is 6.41. The van der Waals surface area contributed by atoms with E-state index in [1.54, 1.807) is 0 Å². The standard InChI is InChI=1S/C15H16N2O2/c1-10-15(2,8-7-13(18)16-10)17-9-11-5-3-4-6-12(11)14(17)19/h3-6H,1,7-9H2,2H3,(H,16,18). The maximum absolute atomic E-state index is 12.5. The molecular formula is C15H16N2O2. The largest absolute Gasteiger partial charge is 0.328 e. The van der Waals surface area contributed by atoms with Gasteiger partial charge in [-0.2, -0.15) is 0 Å². The summed E-state index contributed by atoms with van der Waals surface area (Å²) in [5, 5.41) is 2.77. The molecule has 0 bridgehead atoms. The van der Waals surface area contributed by atoms with Crippen molar-refractivity contribution in [1.29, 1.82) is 0 Å². The van der Waals surface area contributed by atoms with Crippen LogP contribution in [-0.2, 0) is 11.3 Å². The molecule has 1 unspecified atom stereocenters. The minimum absolute atomic E-state index is 0.0216. The second-order valence-electron chi connectivity index (χ2n) is 5.35. The van der Waals surface area contributed by atoms with Crippen molar-refractivity contribution in [3.63, 3.8) is 0 Å². The molecule has 3 rings (SSSR count). The van der Waals surface area contributed by atoms with E-state index in [4.69, 9.17) is 0 Å². The fourth-order valence-corrected chi connectivity index (χ4v) is 2.82. The molecule has 4 nitrogen and oxygen atoms in total. The average molecular weight is 256 g/mol. The summed E-state index contributed by atoms with van der Waals surface area (Å²) >= 11 is 0. The Labute approximate surface area is 112 Å². The SMILES string of the molecule is C=C1NC(=O)CCC1(C)N1Cc2ccccc2C1=O. The maximum atomic E-state index is 12.5. The molecule has 0 spiro atoms. The number of carbonyl (C=O) groups excluding carboxylic acids is 2. The highest BCUT2D eigenvalue weighted by Gasteiger charge is 2.44. The van der Waals surface area contributed by atoms with Crippen LogP contribution in [0, 0.1) is 0 Å². The van der Waals surface area contributed by atoms with Crippen molar-refractivity contribution in [1.82, 2.24) is 10.2 Å². The van der Waals surface area contributed by atoms with Crippen LogP contribution >= 0.6 is 0 Å². The van der Waals surface area contributed by atoms with Gasteiger partial charge in [-0.25, -0.2) is 0 Å². The molecule has 2 aliphatic heterocycles. The molecule has 1 saturated heterocycles. The number of rotatable bonds is 1. The van der Waals surface area contributed by atoms with Crippen molar-refractivity contribution >= 4 is 11.8 Å². The predicted molar refractivity (Wildman–Crippen MR) is 71.2 cm³/mol. The zero-order chi connectivity index (χ0) is 13.6. The third-order valence-corrected chi connectivity index (χ3v) is 4.20. The van der Waals surface area contributed by atoms with Crippen LogP contribution in [0.1, 0.15) is 35.7 Å². The molecule has 0 aliphatic carbocycles. The Morgan fingerprint density at radius 1 is 1.32 bits per heavy atom. The lowest BCUT2D eigenvalue weighted by Crippen LogP contribution is -2.55. The van der Waals surface area contributed by atoms with Gasteiger partial charge in [-0.1, -0.05) is 24.8 Å². The van der Waals surface area contributed by atoms with Crippen LogP contribution in [0.4, 0.5) is 0 Å². The zero-order valence-electron chi connectivity index (χ0n) is 10.9. The summed E-state index contributed by atoms with van der Waals surface area (Å²) < 4.78 is 0. The summed E-state index contributed by atoms with van der Waals surface area (Å²) in [6.45, 7) is 6.49. The third-order valence-electron chi connectivity index (χ3n) is 4.20. The van der Waals surface area contributed by atoms with Gasteiger partial charge in [0.1, 0.15) is 0 Å². The van der Waals surface area contributed by atoms with E-state index in [9.17, 15) is 9.59 Å². The van der Waals surface area contributed by atoms with Crippen molar-refractivity contribution in [2.45, 2.75) is 31.8 Å². The van der Waals surface area contributed by atoms with E-state index in [1.165, 1.54) is 0 Å². The van der Waals surface area contributed by atoms with E-state index in [2.05, 4.69) is 11.9 Å². The van der Waals surface area contributed by atoms with Crippen LogP contribution < -0.4 is 5.32 Å². The molecule has 0 saturated carbocycles. The monoisotopic (exact) mass is 256 g/mol. The second kappa shape index (κ2) is 3.95. The number of nitrogens with one attached hydrogen (secondary N) is 1. The lowest BCUT2D eigenvalue weighted by molar-refractivity contribution is -0.122. The van der Waals surface area contributed by atoms with Crippen LogP contribution in [0.15, 0.2) is 36.5 Å².